The molecule has 0 bridgehead atoms. The van der Waals surface area contributed by atoms with Crippen molar-refractivity contribution < 1.29 is 24.1 Å². The lowest BCUT2D eigenvalue weighted by atomic mass is 9.94. The molecule has 2 unspecified atom stereocenters. The Labute approximate surface area is 185 Å². The average molecular weight is 433 g/mol. The fourth-order valence-electron chi connectivity index (χ4n) is 3.98. The Morgan fingerprint density at radius 2 is 1.81 bits per heavy atom. The van der Waals surface area contributed by atoms with Gasteiger partial charge in [0.15, 0.2) is 0 Å². The summed E-state index contributed by atoms with van der Waals surface area (Å²) in [4.78, 5) is 11.0. The largest absolute Gasteiger partial charge is 0.469 e. The Morgan fingerprint density at radius 1 is 1.16 bits per heavy atom. The number of hydrogen-bond donors (Lipinski definition) is 2. The second-order valence-corrected chi connectivity index (χ2v) is 8.59. The number of unbranched alkanes of at least 4 members (excludes halogenated alkanes) is 1. The highest BCUT2D eigenvalue weighted by molar-refractivity contribution is 5.69. The Hall–Kier alpha value is -1.98. The number of benzene rings is 1. The maximum atomic E-state index is 14.5. The van der Waals surface area contributed by atoms with E-state index in [0.29, 0.717) is 19.3 Å². The van der Waals surface area contributed by atoms with Gasteiger partial charge in [-0.1, -0.05) is 55.5 Å². The molecule has 0 radical (unpaired) electrons. The van der Waals surface area contributed by atoms with E-state index in [4.69, 9.17) is 0 Å². The average Bonchev–Trinajstić information content (AvgIpc) is 3.20. The minimum atomic E-state index is -1.15. The molecule has 1 aromatic carbocycles. The highest BCUT2D eigenvalue weighted by Crippen LogP contribution is 2.29. The van der Waals surface area contributed by atoms with Crippen LogP contribution in [0.2, 0.25) is 0 Å². The van der Waals surface area contributed by atoms with Crippen LogP contribution in [0.25, 0.3) is 0 Å². The molecule has 0 fully saturated rings. The molecule has 0 saturated heterocycles. The molecule has 2 N–H and O–H groups in total. The zero-order valence-electron chi connectivity index (χ0n) is 18.8. The van der Waals surface area contributed by atoms with Gasteiger partial charge in [-0.25, -0.2) is 4.39 Å². The lowest BCUT2D eigenvalue weighted by Gasteiger charge is -2.18. The lowest BCUT2D eigenvalue weighted by molar-refractivity contribution is -0.140. The van der Waals surface area contributed by atoms with Crippen LogP contribution in [0.3, 0.4) is 0 Å². The van der Waals surface area contributed by atoms with Crippen LogP contribution in [-0.2, 0) is 22.4 Å². The van der Waals surface area contributed by atoms with Crippen molar-refractivity contribution in [1.29, 1.82) is 0 Å². The molecule has 1 aromatic rings. The summed E-state index contributed by atoms with van der Waals surface area (Å²) in [6.07, 6.45) is 9.88. The number of fused-ring (bicyclic) bond motifs is 1. The number of carbonyl (C=O) groups is 1. The summed E-state index contributed by atoms with van der Waals surface area (Å²) >= 11 is 0. The molecule has 4 nitrogen and oxygen atoms in total. The molecule has 0 amide bonds. The van der Waals surface area contributed by atoms with Gasteiger partial charge in [0.25, 0.3) is 0 Å². The number of alkyl halides is 1. The highest BCUT2D eigenvalue weighted by Gasteiger charge is 2.26. The van der Waals surface area contributed by atoms with E-state index in [2.05, 4.69) is 16.9 Å². The predicted octanol–water partition coefficient (Wildman–Crippen LogP) is 4.72. The van der Waals surface area contributed by atoms with E-state index in [9.17, 15) is 19.4 Å². The highest BCUT2D eigenvalue weighted by atomic mass is 19.1. The molecule has 0 heterocycles. The van der Waals surface area contributed by atoms with Crippen LogP contribution in [0.5, 0.6) is 0 Å². The molecule has 0 spiro atoms. The number of allylic oxidation sites excluding steroid dienone is 3. The van der Waals surface area contributed by atoms with Gasteiger partial charge in [0.2, 0.25) is 0 Å². The third kappa shape index (κ3) is 8.96. The van der Waals surface area contributed by atoms with Crippen LogP contribution in [0.4, 0.5) is 4.39 Å². The minimum absolute atomic E-state index is 0.0899. The smallest absolute Gasteiger partial charge is 0.305 e. The van der Waals surface area contributed by atoms with E-state index in [1.54, 1.807) is 19.1 Å². The first-order valence-corrected chi connectivity index (χ1v) is 11.4. The first kappa shape index (κ1) is 25.3. The zero-order chi connectivity index (χ0) is 22.6. The van der Waals surface area contributed by atoms with E-state index in [-0.39, 0.29) is 24.2 Å². The topological polar surface area (TPSA) is 66.8 Å². The molecule has 2 rings (SSSR count). The summed E-state index contributed by atoms with van der Waals surface area (Å²) in [6.45, 7) is 1.78. The molecule has 4 atom stereocenters. The van der Waals surface area contributed by atoms with Crippen molar-refractivity contribution in [2.75, 3.05) is 7.11 Å². The van der Waals surface area contributed by atoms with Crippen molar-refractivity contribution >= 4 is 5.97 Å². The van der Waals surface area contributed by atoms with Crippen LogP contribution in [0.15, 0.2) is 48.6 Å². The quantitative estimate of drug-likeness (QED) is 0.269. The third-order valence-corrected chi connectivity index (χ3v) is 6.06. The molecule has 0 aromatic heterocycles. The van der Waals surface area contributed by atoms with E-state index < -0.39 is 18.4 Å². The summed E-state index contributed by atoms with van der Waals surface area (Å²) in [5.74, 6) is -0.423. The summed E-state index contributed by atoms with van der Waals surface area (Å²) in [6, 6.07) is 8.24. The minimum Gasteiger partial charge on any atom is -0.469 e. The molecular formula is C26H37FO4. The van der Waals surface area contributed by atoms with Gasteiger partial charge >= 0.3 is 5.97 Å². The van der Waals surface area contributed by atoms with Crippen molar-refractivity contribution in [3.63, 3.8) is 0 Å². The summed E-state index contributed by atoms with van der Waals surface area (Å²) in [7, 11) is 1.38. The van der Waals surface area contributed by atoms with Gasteiger partial charge in [0.05, 0.1) is 19.3 Å². The van der Waals surface area contributed by atoms with Crippen molar-refractivity contribution in [1.82, 2.24) is 0 Å². The monoisotopic (exact) mass is 432 g/mol. The normalized spacial score (nSPS) is 18.2. The fraction of sp³-hybridized carbons (Fsp3) is 0.577. The second kappa shape index (κ2) is 13.4. The van der Waals surface area contributed by atoms with Crippen LogP contribution in [0, 0.1) is 11.8 Å². The van der Waals surface area contributed by atoms with E-state index in [1.807, 2.05) is 24.3 Å². The van der Waals surface area contributed by atoms with E-state index in [1.165, 1.54) is 18.2 Å². The van der Waals surface area contributed by atoms with Gasteiger partial charge in [-0.05, 0) is 55.6 Å². The zero-order valence-corrected chi connectivity index (χ0v) is 18.8. The Balaban J connectivity index is 1.63. The van der Waals surface area contributed by atoms with Crippen LogP contribution >= 0.6 is 0 Å². The maximum absolute atomic E-state index is 14.5. The van der Waals surface area contributed by atoms with Gasteiger partial charge in [0, 0.05) is 18.8 Å². The number of ether oxygens (including phenoxy) is 1. The lowest BCUT2D eigenvalue weighted by Crippen LogP contribution is -2.21. The standard InChI is InChI=1S/C26H37FO4/c1-19(14-15-25(29)22-16-20-10-8-9-11-21(20)17-22)24(27)18-23(28)12-6-4-3-5-7-13-26(30)31-2/h3-4,8-11,14-15,19,22-25,28-29H,5-7,12-13,16-18H2,1-2H3/b4-3-,15-14+/t19?,23-,24?,25+/m1/s1. The summed E-state index contributed by atoms with van der Waals surface area (Å²) < 4.78 is 19.1. The second-order valence-electron chi connectivity index (χ2n) is 8.59. The number of aliphatic hydroxyl groups is 2. The van der Waals surface area contributed by atoms with E-state index in [0.717, 1.165) is 25.7 Å². The maximum Gasteiger partial charge on any atom is 0.305 e. The van der Waals surface area contributed by atoms with Gasteiger partial charge in [-0.3, -0.25) is 4.79 Å². The number of methoxy groups -OCH3 is 1. The number of halogens is 1. The van der Waals surface area contributed by atoms with Gasteiger partial charge in [0.1, 0.15) is 6.17 Å². The molecule has 0 aliphatic heterocycles. The van der Waals surface area contributed by atoms with Gasteiger partial charge in [-0.2, -0.15) is 0 Å². The summed E-state index contributed by atoms with van der Waals surface area (Å²) in [5, 5.41) is 20.6. The van der Waals surface area contributed by atoms with E-state index >= 15 is 0 Å². The summed E-state index contributed by atoms with van der Waals surface area (Å²) in [5.41, 5.74) is 2.58. The number of hydrogen-bond acceptors (Lipinski definition) is 4. The number of esters is 1. The molecular weight excluding hydrogens is 395 g/mol. The first-order chi connectivity index (χ1) is 14.9. The SMILES string of the molecule is COC(=O)CCC/C=C\CC[C@@H](O)CC(F)C(C)/C=C/[C@H](O)C1Cc2ccccc2C1. The van der Waals surface area contributed by atoms with Crippen molar-refractivity contribution in [2.45, 2.75) is 76.7 Å². The van der Waals surface area contributed by atoms with Crippen LogP contribution < -0.4 is 0 Å². The van der Waals surface area contributed by atoms with Crippen LogP contribution in [0.1, 0.15) is 56.6 Å². The van der Waals surface area contributed by atoms with Crippen molar-refractivity contribution in [3.05, 3.63) is 59.7 Å². The Kier molecular flexibility index (Phi) is 11.0. The Morgan fingerprint density at radius 3 is 2.45 bits per heavy atom. The van der Waals surface area contributed by atoms with Crippen molar-refractivity contribution in [2.24, 2.45) is 11.8 Å². The fourth-order valence-corrected chi connectivity index (χ4v) is 3.98. The predicted molar refractivity (Wildman–Crippen MR) is 121 cm³/mol. The van der Waals surface area contributed by atoms with Crippen molar-refractivity contribution in [3.8, 4) is 0 Å². The van der Waals surface area contributed by atoms with Crippen LogP contribution in [-0.4, -0.2) is 41.7 Å². The molecule has 5 heteroatoms. The molecule has 1 aliphatic rings. The first-order valence-electron chi connectivity index (χ1n) is 11.4. The van der Waals surface area contributed by atoms with Gasteiger partial charge < -0.3 is 14.9 Å². The molecule has 0 saturated carbocycles. The number of carbonyl (C=O) groups excluding carboxylic acids is 1. The molecule has 1 aliphatic carbocycles. The number of aliphatic hydroxyl groups excluding tert-OH is 2. The third-order valence-electron chi connectivity index (χ3n) is 6.06. The molecule has 31 heavy (non-hydrogen) atoms. The number of rotatable bonds is 13. The van der Waals surface area contributed by atoms with Gasteiger partial charge in [-0.15, -0.1) is 0 Å². The molecule has 172 valence electrons. The Bertz CT molecular complexity index is 705.